The first-order valence-corrected chi connectivity index (χ1v) is 11.2. The molecule has 3 aromatic rings. The number of benzene rings is 3. The molecule has 35 heavy (non-hydrogen) atoms. The second-order valence-electron chi connectivity index (χ2n) is 7.48. The Kier molecular flexibility index (Phi) is 8.88. The standard InChI is InChI=1S/C27H24ClN3O4/c1-3-34-23-10-8-21(9-11-23)31-27(33)20(16-29)14-19-7-12-25(24(28)15-19)35-17-26(32)30-22-6-4-5-18(2)13-22/h4-15H,3,17H2,1-2H3,(H,30,32)(H,31,33)/b20-14+. The summed E-state index contributed by atoms with van der Waals surface area (Å²) in [5.74, 6) is 0.112. The van der Waals surface area contributed by atoms with Gasteiger partial charge in [-0.15, -0.1) is 0 Å². The molecule has 0 atom stereocenters. The van der Waals surface area contributed by atoms with Gasteiger partial charge in [-0.3, -0.25) is 9.59 Å². The summed E-state index contributed by atoms with van der Waals surface area (Å²) in [4.78, 5) is 24.7. The fourth-order valence-corrected chi connectivity index (χ4v) is 3.35. The Morgan fingerprint density at radius 3 is 2.43 bits per heavy atom. The average molecular weight is 490 g/mol. The van der Waals surface area contributed by atoms with Crippen LogP contribution in [0.25, 0.3) is 6.08 Å². The number of rotatable bonds is 9. The van der Waals surface area contributed by atoms with Crippen molar-refractivity contribution >= 4 is 40.9 Å². The Morgan fingerprint density at radius 1 is 1.00 bits per heavy atom. The number of carbonyl (C=O) groups excluding carboxylic acids is 2. The molecule has 0 saturated heterocycles. The first-order chi connectivity index (χ1) is 16.9. The van der Waals surface area contributed by atoms with Crippen molar-refractivity contribution in [2.45, 2.75) is 13.8 Å². The highest BCUT2D eigenvalue weighted by atomic mass is 35.5. The normalized spacial score (nSPS) is 10.7. The van der Waals surface area contributed by atoms with Gasteiger partial charge in [0.2, 0.25) is 0 Å². The fraction of sp³-hybridized carbons (Fsp3) is 0.148. The summed E-state index contributed by atoms with van der Waals surface area (Å²) in [6.45, 7) is 4.13. The fourth-order valence-electron chi connectivity index (χ4n) is 3.10. The van der Waals surface area contributed by atoms with E-state index in [-0.39, 0.29) is 23.1 Å². The van der Waals surface area contributed by atoms with Crippen molar-refractivity contribution in [3.63, 3.8) is 0 Å². The molecule has 0 bridgehead atoms. The third kappa shape index (κ3) is 7.63. The van der Waals surface area contributed by atoms with E-state index >= 15 is 0 Å². The number of nitrogens with one attached hydrogen (secondary N) is 2. The number of hydrogen-bond donors (Lipinski definition) is 2. The number of ether oxygens (including phenoxy) is 2. The van der Waals surface area contributed by atoms with E-state index in [1.165, 1.54) is 6.08 Å². The first-order valence-electron chi connectivity index (χ1n) is 10.8. The number of carbonyl (C=O) groups is 2. The Hall–Kier alpha value is -4.28. The van der Waals surface area contributed by atoms with E-state index in [0.29, 0.717) is 35.0 Å². The van der Waals surface area contributed by atoms with Crippen LogP contribution in [0.1, 0.15) is 18.1 Å². The summed E-state index contributed by atoms with van der Waals surface area (Å²) in [6, 6.07) is 20.9. The zero-order chi connectivity index (χ0) is 25.2. The largest absolute Gasteiger partial charge is 0.494 e. The van der Waals surface area contributed by atoms with Crippen LogP contribution in [0, 0.1) is 18.3 Å². The van der Waals surface area contributed by atoms with Gasteiger partial charge in [-0.2, -0.15) is 5.26 Å². The summed E-state index contributed by atoms with van der Waals surface area (Å²) in [7, 11) is 0. The van der Waals surface area contributed by atoms with E-state index in [9.17, 15) is 14.9 Å². The van der Waals surface area contributed by atoms with Crippen LogP contribution in [0.15, 0.2) is 72.3 Å². The molecule has 0 aromatic heterocycles. The van der Waals surface area contributed by atoms with Gasteiger partial charge in [-0.05, 0) is 79.6 Å². The molecule has 0 fully saturated rings. The number of halogens is 1. The maximum atomic E-state index is 12.5. The van der Waals surface area contributed by atoms with Gasteiger partial charge in [-0.25, -0.2) is 0 Å². The summed E-state index contributed by atoms with van der Waals surface area (Å²) < 4.78 is 10.9. The quantitative estimate of drug-likeness (QED) is 0.300. The minimum Gasteiger partial charge on any atom is -0.494 e. The van der Waals surface area contributed by atoms with Crippen molar-refractivity contribution in [2.75, 3.05) is 23.8 Å². The van der Waals surface area contributed by atoms with Crippen LogP contribution in [0.4, 0.5) is 11.4 Å². The predicted molar refractivity (Wildman–Crippen MR) is 137 cm³/mol. The number of anilines is 2. The molecule has 7 nitrogen and oxygen atoms in total. The molecular formula is C27H24ClN3O4. The smallest absolute Gasteiger partial charge is 0.266 e. The lowest BCUT2D eigenvalue weighted by Crippen LogP contribution is -2.20. The van der Waals surface area contributed by atoms with Crippen molar-refractivity contribution in [2.24, 2.45) is 0 Å². The second kappa shape index (κ2) is 12.3. The molecule has 2 N–H and O–H groups in total. The highest BCUT2D eigenvalue weighted by Crippen LogP contribution is 2.27. The van der Waals surface area contributed by atoms with Gasteiger partial charge in [0, 0.05) is 11.4 Å². The monoisotopic (exact) mass is 489 g/mol. The van der Waals surface area contributed by atoms with Crippen molar-refractivity contribution < 1.29 is 19.1 Å². The van der Waals surface area contributed by atoms with Crippen molar-refractivity contribution in [3.05, 3.63) is 88.5 Å². The maximum absolute atomic E-state index is 12.5. The second-order valence-corrected chi connectivity index (χ2v) is 7.88. The molecule has 178 valence electrons. The van der Waals surface area contributed by atoms with Crippen LogP contribution in [-0.4, -0.2) is 25.0 Å². The zero-order valence-electron chi connectivity index (χ0n) is 19.3. The minimum atomic E-state index is -0.555. The summed E-state index contributed by atoms with van der Waals surface area (Å²) in [5.41, 5.74) is 2.68. The molecule has 0 radical (unpaired) electrons. The first kappa shape index (κ1) is 25.3. The molecule has 0 unspecified atom stereocenters. The Labute approximate surface area is 208 Å². The van der Waals surface area contributed by atoms with Crippen LogP contribution in [0.3, 0.4) is 0 Å². The minimum absolute atomic E-state index is 0.0962. The molecular weight excluding hydrogens is 466 g/mol. The third-order valence-electron chi connectivity index (χ3n) is 4.72. The number of nitriles is 1. The van der Waals surface area contributed by atoms with Gasteiger partial charge in [-0.1, -0.05) is 29.8 Å². The van der Waals surface area contributed by atoms with Crippen molar-refractivity contribution in [1.29, 1.82) is 5.26 Å². The average Bonchev–Trinajstić information content (AvgIpc) is 2.83. The summed E-state index contributed by atoms with van der Waals surface area (Å²) in [5, 5.41) is 15.1. The number of hydrogen-bond acceptors (Lipinski definition) is 5. The lowest BCUT2D eigenvalue weighted by atomic mass is 10.1. The van der Waals surface area contributed by atoms with Crippen LogP contribution in [0.2, 0.25) is 5.02 Å². The van der Waals surface area contributed by atoms with Gasteiger partial charge in [0.15, 0.2) is 6.61 Å². The van der Waals surface area contributed by atoms with Gasteiger partial charge >= 0.3 is 0 Å². The summed E-state index contributed by atoms with van der Waals surface area (Å²) >= 11 is 6.29. The Balaban J connectivity index is 1.61. The third-order valence-corrected chi connectivity index (χ3v) is 5.01. The van der Waals surface area contributed by atoms with Crippen molar-refractivity contribution in [1.82, 2.24) is 0 Å². The highest BCUT2D eigenvalue weighted by molar-refractivity contribution is 6.32. The molecule has 0 aliphatic rings. The molecule has 0 heterocycles. The predicted octanol–water partition coefficient (Wildman–Crippen LogP) is 5.61. The van der Waals surface area contributed by atoms with E-state index in [2.05, 4.69) is 10.6 Å². The van der Waals surface area contributed by atoms with Crippen LogP contribution in [-0.2, 0) is 9.59 Å². The Morgan fingerprint density at radius 2 is 1.77 bits per heavy atom. The van der Waals surface area contributed by atoms with Gasteiger partial charge in [0.05, 0.1) is 11.6 Å². The van der Waals surface area contributed by atoms with E-state index in [1.807, 2.05) is 38.1 Å². The van der Waals surface area contributed by atoms with Gasteiger partial charge in [0.25, 0.3) is 11.8 Å². The Bertz CT molecular complexity index is 1280. The van der Waals surface area contributed by atoms with E-state index in [0.717, 1.165) is 5.56 Å². The molecule has 0 aliphatic carbocycles. The van der Waals surface area contributed by atoms with E-state index < -0.39 is 5.91 Å². The van der Waals surface area contributed by atoms with Crippen LogP contribution >= 0.6 is 11.6 Å². The molecule has 0 aliphatic heterocycles. The van der Waals surface area contributed by atoms with E-state index in [1.54, 1.807) is 48.5 Å². The maximum Gasteiger partial charge on any atom is 0.266 e. The molecule has 0 saturated carbocycles. The van der Waals surface area contributed by atoms with E-state index in [4.69, 9.17) is 21.1 Å². The lowest BCUT2D eigenvalue weighted by Gasteiger charge is -2.10. The highest BCUT2D eigenvalue weighted by Gasteiger charge is 2.12. The van der Waals surface area contributed by atoms with Gasteiger partial charge in [0.1, 0.15) is 23.1 Å². The molecule has 8 heteroatoms. The molecule has 3 rings (SSSR count). The van der Waals surface area contributed by atoms with Crippen LogP contribution in [0.5, 0.6) is 11.5 Å². The summed E-state index contributed by atoms with van der Waals surface area (Å²) in [6.07, 6.45) is 1.42. The molecule has 0 spiro atoms. The molecule has 3 aromatic carbocycles. The number of amides is 2. The number of aryl methyl sites for hydroxylation is 1. The lowest BCUT2D eigenvalue weighted by molar-refractivity contribution is -0.118. The number of nitrogens with zero attached hydrogens (tertiary/aromatic N) is 1. The van der Waals surface area contributed by atoms with Gasteiger partial charge < -0.3 is 20.1 Å². The molecule has 2 amide bonds. The zero-order valence-corrected chi connectivity index (χ0v) is 20.1. The van der Waals surface area contributed by atoms with Crippen molar-refractivity contribution in [3.8, 4) is 17.6 Å². The van der Waals surface area contributed by atoms with Crippen LogP contribution < -0.4 is 20.1 Å². The topological polar surface area (TPSA) is 100 Å². The SMILES string of the molecule is CCOc1ccc(NC(=O)/C(C#N)=C/c2ccc(OCC(=O)Nc3cccc(C)c3)c(Cl)c2)cc1.